The fourth-order valence-electron chi connectivity index (χ4n) is 2.95. The van der Waals surface area contributed by atoms with Gasteiger partial charge in [-0.3, -0.25) is 0 Å². The summed E-state index contributed by atoms with van der Waals surface area (Å²) in [5, 5.41) is 0. The van der Waals surface area contributed by atoms with Crippen molar-refractivity contribution in [2.75, 3.05) is 0 Å². The Morgan fingerprint density at radius 1 is 0.400 bits per heavy atom. The molecule has 2 atom stereocenters. The van der Waals surface area contributed by atoms with Crippen LogP contribution in [-0.4, -0.2) is 0 Å². The van der Waals surface area contributed by atoms with Crippen LogP contribution in [0.15, 0.2) is 0 Å². The maximum Gasteiger partial charge on any atom is -0.0443 e. The third-order valence-corrected chi connectivity index (χ3v) is 4.61. The first-order chi connectivity index (χ1) is 9.41. The van der Waals surface area contributed by atoms with Crippen LogP contribution in [-0.2, 0) is 0 Å². The van der Waals surface area contributed by atoms with Gasteiger partial charge in [-0.2, -0.15) is 0 Å². The summed E-state index contributed by atoms with van der Waals surface area (Å²) in [4.78, 5) is 0. The van der Waals surface area contributed by atoms with E-state index in [1.807, 2.05) is 0 Å². The van der Waals surface area contributed by atoms with E-state index in [0.717, 1.165) is 23.7 Å². The number of rotatable bonds is 13. The van der Waals surface area contributed by atoms with E-state index in [1.54, 1.807) is 0 Å². The van der Waals surface area contributed by atoms with Gasteiger partial charge in [0, 0.05) is 0 Å². The average molecular weight is 283 g/mol. The molecule has 0 N–H and O–H groups in total. The van der Waals surface area contributed by atoms with Gasteiger partial charge in [-0.25, -0.2) is 0 Å². The molecule has 0 aromatic heterocycles. The molecule has 0 aliphatic carbocycles. The first-order valence-corrected chi connectivity index (χ1v) is 9.41. The summed E-state index contributed by atoms with van der Waals surface area (Å²) in [5.74, 6) is 3.66. The zero-order chi connectivity index (χ0) is 15.4. The molecule has 0 heterocycles. The highest BCUT2D eigenvalue weighted by molar-refractivity contribution is 4.60. The molecule has 0 fully saturated rings. The Balaban J connectivity index is 3.40. The van der Waals surface area contributed by atoms with Gasteiger partial charge in [-0.1, -0.05) is 106 Å². The highest BCUT2D eigenvalue weighted by Gasteiger charge is 2.07. The minimum atomic E-state index is 0.881. The lowest BCUT2D eigenvalue weighted by atomic mass is 9.90. The van der Waals surface area contributed by atoms with E-state index < -0.39 is 0 Å². The molecule has 0 saturated carbocycles. The standard InChI is InChI=1S/C20H42/c1-17(2)11-8-7-9-13-19(5)15-16-20(6)14-10-12-18(3)4/h17-20H,7-16H2,1-6H3. The van der Waals surface area contributed by atoms with Crippen LogP contribution < -0.4 is 0 Å². The van der Waals surface area contributed by atoms with Crippen molar-refractivity contribution in [1.82, 2.24) is 0 Å². The van der Waals surface area contributed by atoms with E-state index >= 15 is 0 Å². The lowest BCUT2D eigenvalue weighted by Crippen LogP contribution is -2.01. The highest BCUT2D eigenvalue weighted by atomic mass is 14.1. The van der Waals surface area contributed by atoms with E-state index in [0.29, 0.717) is 0 Å². The second-order valence-corrected chi connectivity index (χ2v) is 8.14. The zero-order valence-corrected chi connectivity index (χ0v) is 15.4. The van der Waals surface area contributed by atoms with Crippen LogP contribution >= 0.6 is 0 Å². The molecule has 0 radical (unpaired) electrons. The van der Waals surface area contributed by atoms with Crippen LogP contribution in [0.2, 0.25) is 0 Å². The monoisotopic (exact) mass is 282 g/mol. The molecule has 0 aromatic carbocycles. The molecule has 0 aliphatic heterocycles. The molecule has 0 saturated heterocycles. The Morgan fingerprint density at radius 2 is 0.800 bits per heavy atom. The highest BCUT2D eigenvalue weighted by Crippen LogP contribution is 2.22. The predicted octanol–water partition coefficient (Wildman–Crippen LogP) is 7.47. The topological polar surface area (TPSA) is 0 Å². The smallest absolute Gasteiger partial charge is 0.0443 e. The molecule has 0 spiro atoms. The van der Waals surface area contributed by atoms with Crippen LogP contribution in [0.5, 0.6) is 0 Å². The van der Waals surface area contributed by atoms with Crippen LogP contribution in [0.25, 0.3) is 0 Å². The van der Waals surface area contributed by atoms with Crippen molar-refractivity contribution >= 4 is 0 Å². The molecule has 0 amide bonds. The molecule has 0 aliphatic rings. The molecule has 2 unspecified atom stereocenters. The number of hydrogen-bond donors (Lipinski definition) is 0. The van der Waals surface area contributed by atoms with Gasteiger partial charge in [0.2, 0.25) is 0 Å². The SMILES string of the molecule is CC(C)CCCCCC(C)CCC(C)CCCC(C)C. The van der Waals surface area contributed by atoms with Gasteiger partial charge in [0.15, 0.2) is 0 Å². The summed E-state index contributed by atoms with van der Waals surface area (Å²) in [6.45, 7) is 14.3. The van der Waals surface area contributed by atoms with Gasteiger partial charge in [0.05, 0.1) is 0 Å². The molecule has 20 heavy (non-hydrogen) atoms. The van der Waals surface area contributed by atoms with Crippen molar-refractivity contribution in [3.63, 3.8) is 0 Å². The Labute approximate surface area is 130 Å². The Morgan fingerprint density at radius 3 is 1.30 bits per heavy atom. The van der Waals surface area contributed by atoms with Crippen molar-refractivity contribution in [2.45, 2.75) is 106 Å². The fourth-order valence-corrected chi connectivity index (χ4v) is 2.95. The second-order valence-electron chi connectivity index (χ2n) is 8.14. The van der Waals surface area contributed by atoms with Gasteiger partial charge >= 0.3 is 0 Å². The van der Waals surface area contributed by atoms with Gasteiger partial charge in [0.25, 0.3) is 0 Å². The quantitative estimate of drug-likeness (QED) is 0.307. The van der Waals surface area contributed by atoms with E-state index in [2.05, 4.69) is 41.5 Å². The van der Waals surface area contributed by atoms with Crippen molar-refractivity contribution in [2.24, 2.45) is 23.7 Å². The Bertz CT molecular complexity index is 192. The number of unbranched alkanes of at least 4 members (excludes halogenated alkanes) is 2. The molecule has 0 aromatic rings. The molecule has 122 valence electrons. The summed E-state index contributed by atoms with van der Waals surface area (Å²) in [7, 11) is 0. The molecule has 0 bridgehead atoms. The van der Waals surface area contributed by atoms with Crippen molar-refractivity contribution in [3.8, 4) is 0 Å². The van der Waals surface area contributed by atoms with E-state index in [1.165, 1.54) is 64.2 Å². The van der Waals surface area contributed by atoms with Gasteiger partial charge < -0.3 is 0 Å². The summed E-state index contributed by atoms with van der Waals surface area (Å²) in [6.07, 6.45) is 14.4. The lowest BCUT2D eigenvalue weighted by molar-refractivity contribution is 0.370. The molecule has 0 rings (SSSR count). The maximum absolute atomic E-state index is 2.46. The molecule has 0 nitrogen and oxygen atoms in total. The van der Waals surface area contributed by atoms with Gasteiger partial charge in [-0.15, -0.1) is 0 Å². The third-order valence-electron chi connectivity index (χ3n) is 4.61. The predicted molar refractivity (Wildman–Crippen MR) is 94.2 cm³/mol. The third kappa shape index (κ3) is 14.4. The molecular formula is C20H42. The largest absolute Gasteiger partial charge is 0.0628 e. The average Bonchev–Trinajstić information content (AvgIpc) is 2.35. The first-order valence-electron chi connectivity index (χ1n) is 9.41. The van der Waals surface area contributed by atoms with Crippen molar-refractivity contribution in [1.29, 1.82) is 0 Å². The summed E-state index contributed by atoms with van der Waals surface area (Å²) >= 11 is 0. The lowest BCUT2D eigenvalue weighted by Gasteiger charge is -2.16. The van der Waals surface area contributed by atoms with Gasteiger partial charge in [-0.05, 0) is 23.7 Å². The summed E-state index contributed by atoms with van der Waals surface area (Å²) in [5.41, 5.74) is 0. The van der Waals surface area contributed by atoms with Crippen molar-refractivity contribution < 1.29 is 0 Å². The second kappa shape index (κ2) is 12.7. The van der Waals surface area contributed by atoms with Crippen LogP contribution in [0.4, 0.5) is 0 Å². The summed E-state index contributed by atoms with van der Waals surface area (Å²) in [6, 6.07) is 0. The van der Waals surface area contributed by atoms with E-state index in [-0.39, 0.29) is 0 Å². The van der Waals surface area contributed by atoms with E-state index in [4.69, 9.17) is 0 Å². The minimum Gasteiger partial charge on any atom is -0.0628 e. The maximum atomic E-state index is 2.46. The van der Waals surface area contributed by atoms with Gasteiger partial charge in [0.1, 0.15) is 0 Å². The van der Waals surface area contributed by atoms with Crippen LogP contribution in [0.3, 0.4) is 0 Å². The Hall–Kier alpha value is 0. The van der Waals surface area contributed by atoms with Crippen molar-refractivity contribution in [3.05, 3.63) is 0 Å². The first kappa shape index (κ1) is 20.0. The van der Waals surface area contributed by atoms with Crippen LogP contribution in [0, 0.1) is 23.7 Å². The number of hydrogen-bond acceptors (Lipinski definition) is 0. The normalized spacial score (nSPS) is 15.0. The molecular weight excluding hydrogens is 240 g/mol. The molecule has 0 heteroatoms. The Kier molecular flexibility index (Phi) is 12.7. The zero-order valence-electron chi connectivity index (χ0n) is 15.4. The fraction of sp³-hybridized carbons (Fsp3) is 1.00. The van der Waals surface area contributed by atoms with Crippen LogP contribution in [0.1, 0.15) is 106 Å². The summed E-state index contributed by atoms with van der Waals surface area (Å²) < 4.78 is 0. The van der Waals surface area contributed by atoms with E-state index in [9.17, 15) is 0 Å². The minimum absolute atomic E-state index is 0.881.